The highest BCUT2D eigenvalue weighted by Gasteiger charge is 2.49. The van der Waals surface area contributed by atoms with Gasteiger partial charge in [-0.3, -0.25) is 43.4 Å². The highest BCUT2D eigenvalue weighted by atomic mass is 16.5. The Hall–Kier alpha value is -4.71. The van der Waals surface area contributed by atoms with Crippen molar-refractivity contribution in [2.45, 2.75) is 134 Å². The predicted octanol–water partition coefficient (Wildman–Crippen LogP) is 2.32. The van der Waals surface area contributed by atoms with Crippen LogP contribution in [-0.2, 0) is 54.2 Å². The first-order chi connectivity index (χ1) is 31.5. The third kappa shape index (κ3) is 12.6. The van der Waals surface area contributed by atoms with E-state index < -0.39 is 65.9 Å². The van der Waals surface area contributed by atoms with E-state index in [1.54, 1.807) is 30.9 Å². The Morgan fingerprint density at radius 1 is 0.894 bits per heavy atom. The molecule has 7 amide bonds. The average Bonchev–Trinajstić information content (AvgIpc) is 4.12. The van der Waals surface area contributed by atoms with Gasteiger partial charge in [-0.2, -0.15) is 0 Å². The van der Waals surface area contributed by atoms with Crippen LogP contribution in [0.3, 0.4) is 0 Å². The highest BCUT2D eigenvalue weighted by Crippen LogP contribution is 2.41. The highest BCUT2D eigenvalue weighted by molar-refractivity contribution is 6.12. The molecular weight excluding hydrogens is 847 g/mol. The molecule has 0 unspecified atom stereocenters. The lowest BCUT2D eigenvalue weighted by Crippen LogP contribution is -2.60. The van der Waals surface area contributed by atoms with Gasteiger partial charge in [-0.15, -0.1) is 0 Å². The van der Waals surface area contributed by atoms with Crippen molar-refractivity contribution >= 4 is 41.4 Å². The number of carbonyl (C=O) groups excluding carboxylic acids is 7. The molecule has 66 heavy (non-hydrogen) atoms. The molecule has 3 N–H and O–H groups in total. The van der Waals surface area contributed by atoms with Gasteiger partial charge in [-0.1, -0.05) is 71.4 Å². The number of nitrogens with zero attached hydrogens (tertiary/aromatic N) is 4. The largest absolute Gasteiger partial charge is 0.379 e. The number of methoxy groups -OCH3 is 2. The fourth-order valence-corrected chi connectivity index (χ4v) is 10.5. The summed E-state index contributed by atoms with van der Waals surface area (Å²) in [6.45, 7) is 10.6. The predicted molar refractivity (Wildman–Crippen MR) is 247 cm³/mol. The summed E-state index contributed by atoms with van der Waals surface area (Å²) in [5.41, 5.74) is 0.843. The lowest BCUT2D eigenvalue weighted by Gasteiger charge is -2.41. The number of nitrogens with one attached hydrogen (secondary N) is 3. The van der Waals surface area contributed by atoms with E-state index in [2.05, 4.69) is 20.9 Å². The van der Waals surface area contributed by atoms with Gasteiger partial charge >= 0.3 is 0 Å². The van der Waals surface area contributed by atoms with Gasteiger partial charge < -0.3 is 40.0 Å². The van der Waals surface area contributed by atoms with Crippen molar-refractivity contribution in [1.82, 2.24) is 35.6 Å². The van der Waals surface area contributed by atoms with Gasteiger partial charge in [0, 0.05) is 59.0 Å². The summed E-state index contributed by atoms with van der Waals surface area (Å²) in [7, 11) is 6.81. The Labute approximate surface area is 391 Å². The minimum absolute atomic E-state index is 0.0139. The zero-order chi connectivity index (χ0) is 48.2. The van der Waals surface area contributed by atoms with Crippen molar-refractivity contribution in [2.24, 2.45) is 23.7 Å². The molecule has 3 fully saturated rings. The number of hydrogen-bond acceptors (Lipinski definition) is 11. The monoisotopic (exact) mass is 922 g/mol. The SMILES string of the molecule is CC[C@H](C)[C@@H]([C@H](CC(=O)N1CCC[C@H]1[C@H](OC)[C@@H](C)C(=O)N[C@@H](Cc1ccccc1)C(=O)NCCOCCN1C(=O)C=CC1=O)OC)N(C)C(=O)[C@@H](NC(=O)[C@@H]1[C@H]2CC[C@H](C2)N1C)C(C)C. The summed E-state index contributed by atoms with van der Waals surface area (Å²) < 4.78 is 17.7. The number of benzene rings is 1. The maximum absolute atomic E-state index is 14.4. The lowest BCUT2D eigenvalue weighted by atomic mass is 9.89. The van der Waals surface area contributed by atoms with E-state index in [1.165, 1.54) is 19.3 Å². The van der Waals surface area contributed by atoms with Crippen LogP contribution >= 0.6 is 0 Å². The normalized spacial score (nSPS) is 23.7. The van der Waals surface area contributed by atoms with Gasteiger partial charge in [0.25, 0.3) is 11.8 Å². The molecule has 1 saturated carbocycles. The second kappa shape index (κ2) is 24.4. The first-order valence-corrected chi connectivity index (χ1v) is 23.9. The molecule has 17 nitrogen and oxygen atoms in total. The molecule has 366 valence electrons. The Kier molecular flexibility index (Phi) is 19.3. The van der Waals surface area contributed by atoms with Crippen LogP contribution in [0.2, 0.25) is 0 Å². The van der Waals surface area contributed by atoms with E-state index in [0.29, 0.717) is 31.3 Å². The quantitative estimate of drug-likeness (QED) is 0.0963. The molecule has 0 radical (unpaired) electrons. The van der Waals surface area contributed by atoms with E-state index in [9.17, 15) is 33.6 Å². The minimum Gasteiger partial charge on any atom is -0.379 e. The molecule has 4 aliphatic rings. The van der Waals surface area contributed by atoms with Crippen molar-refractivity contribution < 1.29 is 47.8 Å². The number of rotatable bonds is 25. The van der Waals surface area contributed by atoms with Crippen molar-refractivity contribution in [1.29, 1.82) is 0 Å². The molecule has 11 atom stereocenters. The second-order valence-electron chi connectivity index (χ2n) is 19.0. The number of fused-ring (bicyclic) bond motifs is 2. The molecule has 5 rings (SSSR count). The minimum atomic E-state index is -0.936. The van der Waals surface area contributed by atoms with Crippen molar-refractivity contribution in [3.05, 3.63) is 48.0 Å². The van der Waals surface area contributed by atoms with Crippen molar-refractivity contribution in [3.63, 3.8) is 0 Å². The molecule has 3 aliphatic heterocycles. The van der Waals surface area contributed by atoms with Gasteiger partial charge in [0.05, 0.1) is 62.4 Å². The van der Waals surface area contributed by atoms with Crippen LogP contribution in [0.1, 0.15) is 85.1 Å². The van der Waals surface area contributed by atoms with E-state index in [-0.39, 0.29) is 74.7 Å². The van der Waals surface area contributed by atoms with Crippen LogP contribution in [-0.4, -0.2) is 171 Å². The van der Waals surface area contributed by atoms with Crippen LogP contribution in [0.4, 0.5) is 0 Å². The molecule has 2 saturated heterocycles. The topological polar surface area (TPSA) is 196 Å². The fourth-order valence-electron chi connectivity index (χ4n) is 10.5. The van der Waals surface area contributed by atoms with Gasteiger partial charge in [-0.25, -0.2) is 0 Å². The Morgan fingerprint density at radius 3 is 2.20 bits per heavy atom. The molecule has 1 aromatic carbocycles. The van der Waals surface area contributed by atoms with E-state index in [4.69, 9.17) is 14.2 Å². The average molecular weight is 922 g/mol. The third-order valence-corrected chi connectivity index (χ3v) is 14.5. The number of ether oxygens (including phenoxy) is 3. The van der Waals surface area contributed by atoms with Crippen LogP contribution in [0.15, 0.2) is 42.5 Å². The molecular formula is C49H75N7O10. The molecule has 3 heterocycles. The number of amides is 7. The van der Waals surface area contributed by atoms with Crippen LogP contribution in [0.25, 0.3) is 0 Å². The zero-order valence-electron chi connectivity index (χ0n) is 40.5. The van der Waals surface area contributed by atoms with Crippen LogP contribution in [0.5, 0.6) is 0 Å². The summed E-state index contributed by atoms with van der Waals surface area (Å²) in [6, 6.07) is 6.88. The number of likely N-dealkylation sites (N-methyl/N-ethyl adjacent to an activating group) is 2. The number of carbonyl (C=O) groups is 7. The number of imide groups is 1. The summed E-state index contributed by atoms with van der Waals surface area (Å²) in [6.07, 6.45) is 6.41. The lowest BCUT2D eigenvalue weighted by molar-refractivity contribution is -0.148. The van der Waals surface area contributed by atoms with Gasteiger partial charge in [0.15, 0.2) is 0 Å². The maximum atomic E-state index is 14.4. The second-order valence-corrected chi connectivity index (χ2v) is 19.0. The Balaban J connectivity index is 1.21. The van der Waals surface area contributed by atoms with Gasteiger partial charge in [-0.05, 0) is 62.5 Å². The standard InChI is InChI=1S/C49H75N7O10/c1-10-31(4)43(54(7)49(63)42(30(2)3)52-48(62)44-34-18-19-35(28-34)53(44)6)38(64-8)29-41(59)55-23-14-17-37(55)45(65-9)32(5)46(60)51-36(27-33-15-12-11-13-16-33)47(61)50-22-25-66-26-24-56-39(57)20-21-40(56)58/h11-13,15-16,20-21,30-32,34-38,42-45H,10,14,17-19,22-29H2,1-9H3,(H,50,61)(H,51,60)(H,52,62)/t31-,32+,34-,35+,36-,37-,38-,42-,43-,44-,45+/m0/s1. The van der Waals surface area contributed by atoms with Gasteiger partial charge in [0.1, 0.15) is 12.1 Å². The van der Waals surface area contributed by atoms with Crippen LogP contribution in [0, 0.1) is 23.7 Å². The number of hydrogen-bond donors (Lipinski definition) is 3. The number of piperidine rings is 1. The smallest absolute Gasteiger partial charge is 0.253 e. The van der Waals surface area contributed by atoms with E-state index in [0.717, 1.165) is 36.1 Å². The molecule has 1 aliphatic carbocycles. The van der Waals surface area contributed by atoms with Gasteiger partial charge in [0.2, 0.25) is 29.5 Å². The molecule has 1 aromatic rings. The Bertz CT molecular complexity index is 1860. The molecule has 0 spiro atoms. The van der Waals surface area contributed by atoms with Crippen molar-refractivity contribution in [3.8, 4) is 0 Å². The third-order valence-electron chi connectivity index (χ3n) is 14.5. The maximum Gasteiger partial charge on any atom is 0.253 e. The molecule has 2 bridgehead atoms. The van der Waals surface area contributed by atoms with E-state index >= 15 is 0 Å². The van der Waals surface area contributed by atoms with Crippen molar-refractivity contribution in [2.75, 3.05) is 61.2 Å². The summed E-state index contributed by atoms with van der Waals surface area (Å²) in [4.78, 5) is 101. The zero-order valence-corrected chi connectivity index (χ0v) is 40.5. The van der Waals surface area contributed by atoms with Crippen LogP contribution < -0.4 is 16.0 Å². The fraction of sp³-hybridized carbons (Fsp3) is 0.694. The summed E-state index contributed by atoms with van der Waals surface area (Å²) in [5, 5.41) is 8.91. The molecule has 0 aromatic heterocycles. The first-order valence-electron chi connectivity index (χ1n) is 23.9. The Morgan fingerprint density at radius 2 is 1.59 bits per heavy atom. The van der Waals surface area contributed by atoms with E-state index in [1.807, 2.05) is 65.1 Å². The molecule has 17 heteroatoms. The summed E-state index contributed by atoms with van der Waals surface area (Å²) >= 11 is 0. The first kappa shape index (κ1) is 52.3. The number of likely N-dealkylation sites (tertiary alicyclic amines) is 2. The summed E-state index contributed by atoms with van der Waals surface area (Å²) in [5.74, 6) is -2.82.